The summed E-state index contributed by atoms with van der Waals surface area (Å²) in [4.78, 5) is 16.4. The van der Waals surface area contributed by atoms with Crippen LogP contribution in [0.4, 0.5) is 11.5 Å². The molecule has 5 aromatic heterocycles. The van der Waals surface area contributed by atoms with Gasteiger partial charge in [-0.1, -0.05) is 6.92 Å². The number of H-pyrrole nitrogens is 1. The standard InChI is InChI=1S/C22H21N11S/c1-2-16-21-30-26-12-32(21)17-9-24-19(15-8-25-29-18(15)22-23-5-6-34-22)28-20(17)33(16)14-7-27-31(11-14)10-13-3-4-13/h5-9,11-13,16H,2-4,10H2,1H3,(H,25,29). The maximum Gasteiger partial charge on any atom is 0.165 e. The Morgan fingerprint density at radius 3 is 2.94 bits per heavy atom. The van der Waals surface area contributed by atoms with Crippen LogP contribution in [-0.4, -0.2) is 49.7 Å². The molecule has 2 aliphatic rings. The molecule has 1 saturated carbocycles. The summed E-state index contributed by atoms with van der Waals surface area (Å²) in [7, 11) is 0. The van der Waals surface area contributed by atoms with Crippen molar-refractivity contribution in [2.45, 2.75) is 38.8 Å². The lowest BCUT2D eigenvalue weighted by Crippen LogP contribution is -2.32. The largest absolute Gasteiger partial charge is 0.311 e. The van der Waals surface area contributed by atoms with Crippen molar-refractivity contribution in [1.29, 1.82) is 0 Å². The Kier molecular flexibility index (Phi) is 4.34. The van der Waals surface area contributed by atoms with Gasteiger partial charge in [-0.15, -0.1) is 21.5 Å². The van der Waals surface area contributed by atoms with Crippen LogP contribution in [0.2, 0.25) is 0 Å². The molecule has 0 radical (unpaired) electrons. The van der Waals surface area contributed by atoms with Crippen molar-refractivity contribution in [2.75, 3.05) is 4.90 Å². The number of nitrogens with zero attached hydrogens (tertiary/aromatic N) is 10. The van der Waals surface area contributed by atoms with Gasteiger partial charge in [0, 0.05) is 24.3 Å². The van der Waals surface area contributed by atoms with E-state index in [1.807, 2.05) is 27.0 Å². The van der Waals surface area contributed by atoms with Gasteiger partial charge in [0.1, 0.15) is 22.7 Å². The van der Waals surface area contributed by atoms with Gasteiger partial charge in [0.15, 0.2) is 17.5 Å². The molecule has 0 aromatic carbocycles. The van der Waals surface area contributed by atoms with Crippen LogP contribution in [0, 0.1) is 5.92 Å². The quantitative estimate of drug-likeness (QED) is 0.397. The Morgan fingerprint density at radius 2 is 2.12 bits per heavy atom. The molecule has 0 bridgehead atoms. The fourth-order valence-electron chi connectivity index (χ4n) is 4.54. The number of nitrogens with one attached hydrogen (secondary N) is 1. The minimum absolute atomic E-state index is 0.0286. The Bertz CT molecular complexity index is 1460. The van der Waals surface area contributed by atoms with Crippen LogP contribution in [0.3, 0.4) is 0 Å². The first-order valence-electron chi connectivity index (χ1n) is 11.3. The van der Waals surface area contributed by atoms with Gasteiger partial charge in [-0.2, -0.15) is 10.2 Å². The molecule has 11 nitrogen and oxygen atoms in total. The zero-order valence-electron chi connectivity index (χ0n) is 18.4. The van der Waals surface area contributed by atoms with E-state index in [2.05, 4.69) is 48.5 Å². The summed E-state index contributed by atoms with van der Waals surface area (Å²) in [6.07, 6.45) is 14.5. The summed E-state index contributed by atoms with van der Waals surface area (Å²) in [6, 6.07) is -0.0286. The predicted octanol–water partition coefficient (Wildman–Crippen LogP) is 3.78. The smallest absolute Gasteiger partial charge is 0.165 e. The highest BCUT2D eigenvalue weighted by molar-refractivity contribution is 7.13. The van der Waals surface area contributed by atoms with Crippen molar-refractivity contribution in [3.05, 3.63) is 48.5 Å². The number of fused-ring (bicyclic) bond motifs is 3. The van der Waals surface area contributed by atoms with Crippen molar-refractivity contribution in [1.82, 2.24) is 49.7 Å². The molecule has 0 amide bonds. The third-order valence-corrected chi connectivity index (χ3v) is 7.17. The first-order chi connectivity index (χ1) is 16.8. The number of anilines is 2. The topological polar surface area (TPSA) is 119 Å². The fourth-order valence-corrected chi connectivity index (χ4v) is 5.18. The van der Waals surface area contributed by atoms with Gasteiger partial charge in [-0.05, 0) is 25.2 Å². The third-order valence-electron chi connectivity index (χ3n) is 6.37. The molecule has 34 heavy (non-hydrogen) atoms. The number of hydrogen-bond donors (Lipinski definition) is 1. The molecule has 1 atom stereocenters. The zero-order valence-corrected chi connectivity index (χ0v) is 19.2. The van der Waals surface area contributed by atoms with E-state index in [0.717, 1.165) is 58.2 Å². The first kappa shape index (κ1) is 19.5. The summed E-state index contributed by atoms with van der Waals surface area (Å²) < 4.78 is 4.02. The van der Waals surface area contributed by atoms with Gasteiger partial charge in [0.2, 0.25) is 0 Å². The molecule has 1 aliphatic carbocycles. The van der Waals surface area contributed by atoms with Crippen LogP contribution in [0.5, 0.6) is 0 Å². The summed E-state index contributed by atoms with van der Waals surface area (Å²) in [5, 5.41) is 23.4. The van der Waals surface area contributed by atoms with Crippen LogP contribution in [0.25, 0.3) is 27.8 Å². The predicted molar refractivity (Wildman–Crippen MR) is 126 cm³/mol. The normalized spacial score (nSPS) is 17.1. The second-order valence-corrected chi connectivity index (χ2v) is 9.51. The number of aromatic nitrogens is 10. The first-order valence-corrected chi connectivity index (χ1v) is 12.2. The van der Waals surface area contributed by atoms with E-state index in [0.29, 0.717) is 5.82 Å². The molecule has 170 valence electrons. The monoisotopic (exact) mass is 471 g/mol. The van der Waals surface area contributed by atoms with E-state index in [9.17, 15) is 0 Å². The minimum Gasteiger partial charge on any atom is -0.311 e. The Hall–Kier alpha value is -3.93. The second-order valence-electron chi connectivity index (χ2n) is 8.62. The highest BCUT2D eigenvalue weighted by Gasteiger charge is 2.36. The van der Waals surface area contributed by atoms with Crippen molar-refractivity contribution in [2.24, 2.45) is 5.92 Å². The molecular formula is C22H21N11S. The van der Waals surface area contributed by atoms with E-state index in [1.165, 1.54) is 12.8 Å². The number of rotatable bonds is 6. The van der Waals surface area contributed by atoms with Gasteiger partial charge in [0.25, 0.3) is 0 Å². The maximum absolute atomic E-state index is 5.06. The summed E-state index contributed by atoms with van der Waals surface area (Å²) in [6.45, 7) is 3.10. The third kappa shape index (κ3) is 3.05. The molecule has 6 heterocycles. The molecule has 7 rings (SSSR count). The Labute approximate surface area is 198 Å². The average molecular weight is 472 g/mol. The van der Waals surface area contributed by atoms with Gasteiger partial charge >= 0.3 is 0 Å². The van der Waals surface area contributed by atoms with Gasteiger partial charge in [-0.25, -0.2) is 15.0 Å². The lowest BCUT2D eigenvalue weighted by molar-refractivity contribution is 0.561. The van der Waals surface area contributed by atoms with Gasteiger partial charge in [0.05, 0.1) is 35.9 Å². The molecule has 1 unspecified atom stereocenters. The maximum atomic E-state index is 5.06. The van der Waals surface area contributed by atoms with Crippen molar-refractivity contribution in [3.63, 3.8) is 0 Å². The number of aromatic amines is 1. The lowest BCUT2D eigenvalue weighted by Gasteiger charge is -2.35. The molecule has 0 spiro atoms. The zero-order chi connectivity index (χ0) is 22.6. The van der Waals surface area contributed by atoms with Crippen LogP contribution in [0.1, 0.15) is 38.1 Å². The molecule has 12 heteroatoms. The van der Waals surface area contributed by atoms with E-state index in [4.69, 9.17) is 9.97 Å². The van der Waals surface area contributed by atoms with Crippen molar-refractivity contribution >= 4 is 22.8 Å². The summed E-state index contributed by atoms with van der Waals surface area (Å²) in [5.41, 5.74) is 3.44. The average Bonchev–Trinajstić information content (AvgIpc) is 3.38. The lowest BCUT2D eigenvalue weighted by atomic mass is 10.1. The van der Waals surface area contributed by atoms with E-state index in [-0.39, 0.29) is 6.04 Å². The SMILES string of the molecule is CCC1c2nncn2-c2cnc(-c3cn[nH]c3-c3nccs3)nc2N1c1cnn(CC2CC2)c1. The van der Waals surface area contributed by atoms with Gasteiger partial charge < -0.3 is 4.90 Å². The molecule has 5 aromatic rings. The molecule has 1 fully saturated rings. The van der Waals surface area contributed by atoms with Crippen LogP contribution in [0.15, 0.2) is 42.7 Å². The molecular weight excluding hydrogens is 450 g/mol. The molecule has 1 N–H and O–H groups in total. The van der Waals surface area contributed by atoms with E-state index < -0.39 is 0 Å². The summed E-state index contributed by atoms with van der Waals surface area (Å²) in [5.74, 6) is 2.99. The Balaban J connectivity index is 1.38. The van der Waals surface area contributed by atoms with Crippen molar-refractivity contribution in [3.8, 4) is 27.8 Å². The molecule has 0 saturated heterocycles. The van der Waals surface area contributed by atoms with Gasteiger partial charge in [-0.3, -0.25) is 14.3 Å². The van der Waals surface area contributed by atoms with E-state index in [1.54, 1.807) is 30.1 Å². The Morgan fingerprint density at radius 1 is 1.18 bits per heavy atom. The number of hydrogen-bond acceptors (Lipinski definition) is 9. The second kappa shape index (κ2) is 7.55. The molecule has 1 aliphatic heterocycles. The highest BCUT2D eigenvalue weighted by atomic mass is 32.1. The fraction of sp³-hybridized carbons (Fsp3) is 0.318. The number of thiazole rings is 1. The van der Waals surface area contributed by atoms with E-state index >= 15 is 0 Å². The summed E-state index contributed by atoms with van der Waals surface area (Å²) >= 11 is 1.54. The van der Waals surface area contributed by atoms with Crippen LogP contribution >= 0.6 is 11.3 Å². The minimum atomic E-state index is -0.0286. The van der Waals surface area contributed by atoms with Crippen LogP contribution in [-0.2, 0) is 6.54 Å². The van der Waals surface area contributed by atoms with Crippen LogP contribution < -0.4 is 4.90 Å². The highest BCUT2D eigenvalue weighted by Crippen LogP contribution is 2.44. The van der Waals surface area contributed by atoms with Crippen molar-refractivity contribution < 1.29 is 0 Å².